The first-order chi connectivity index (χ1) is 9.04. The number of nitrogens with zero attached hydrogens (tertiary/aromatic N) is 3. The van der Waals surface area contributed by atoms with E-state index in [1.807, 2.05) is 0 Å². The van der Waals surface area contributed by atoms with Gasteiger partial charge in [0, 0.05) is 6.20 Å². The van der Waals surface area contributed by atoms with Crippen LogP contribution in [0.4, 0.5) is 0 Å². The SMILES string of the molecule is Cc1[nH]nc(CO)c1S(=O)(=O)NCc1cccnn1. The number of rotatable bonds is 5. The number of sulfonamides is 1. The molecule has 19 heavy (non-hydrogen) atoms. The van der Waals surface area contributed by atoms with Crippen LogP contribution in [0, 0.1) is 6.92 Å². The van der Waals surface area contributed by atoms with Gasteiger partial charge in [0.05, 0.1) is 24.5 Å². The van der Waals surface area contributed by atoms with Gasteiger partial charge in [-0.3, -0.25) is 5.10 Å². The molecule has 0 aliphatic carbocycles. The molecule has 0 amide bonds. The van der Waals surface area contributed by atoms with E-state index in [0.717, 1.165) is 0 Å². The Balaban J connectivity index is 2.21. The smallest absolute Gasteiger partial charge is 0.244 e. The number of aromatic amines is 1. The van der Waals surface area contributed by atoms with Crippen molar-refractivity contribution in [3.05, 3.63) is 35.4 Å². The number of aliphatic hydroxyl groups excluding tert-OH is 1. The molecule has 0 saturated carbocycles. The maximum atomic E-state index is 12.1. The third kappa shape index (κ3) is 2.95. The highest BCUT2D eigenvalue weighted by Crippen LogP contribution is 2.17. The second kappa shape index (κ2) is 5.43. The predicted octanol–water partition coefficient (Wildman–Crippen LogP) is -0.521. The van der Waals surface area contributed by atoms with Crippen LogP contribution in [0.15, 0.2) is 23.2 Å². The molecule has 2 heterocycles. The van der Waals surface area contributed by atoms with E-state index in [1.165, 1.54) is 6.20 Å². The molecule has 0 aromatic carbocycles. The Morgan fingerprint density at radius 3 is 2.89 bits per heavy atom. The van der Waals surface area contributed by atoms with Gasteiger partial charge >= 0.3 is 0 Å². The van der Waals surface area contributed by atoms with E-state index < -0.39 is 16.6 Å². The summed E-state index contributed by atoms with van der Waals surface area (Å²) in [5, 5.41) is 22.8. The fourth-order valence-corrected chi connectivity index (χ4v) is 2.95. The predicted molar refractivity (Wildman–Crippen MR) is 65.3 cm³/mol. The van der Waals surface area contributed by atoms with Gasteiger partial charge in [-0.25, -0.2) is 13.1 Å². The van der Waals surface area contributed by atoms with Crippen molar-refractivity contribution in [3.8, 4) is 0 Å². The first-order valence-electron chi connectivity index (χ1n) is 5.45. The molecule has 0 atom stereocenters. The molecule has 0 unspecified atom stereocenters. The normalized spacial score (nSPS) is 11.7. The van der Waals surface area contributed by atoms with Crippen molar-refractivity contribution in [2.45, 2.75) is 25.0 Å². The second-order valence-electron chi connectivity index (χ2n) is 3.82. The molecule has 0 spiro atoms. The summed E-state index contributed by atoms with van der Waals surface area (Å²) in [7, 11) is -3.76. The van der Waals surface area contributed by atoms with E-state index in [9.17, 15) is 8.42 Å². The average Bonchev–Trinajstić information content (AvgIpc) is 2.80. The summed E-state index contributed by atoms with van der Waals surface area (Å²) in [6.07, 6.45) is 1.50. The summed E-state index contributed by atoms with van der Waals surface area (Å²) in [5.74, 6) is 0. The van der Waals surface area contributed by atoms with Crippen molar-refractivity contribution >= 4 is 10.0 Å². The molecule has 9 heteroatoms. The molecule has 0 fully saturated rings. The monoisotopic (exact) mass is 283 g/mol. The van der Waals surface area contributed by atoms with Crippen molar-refractivity contribution < 1.29 is 13.5 Å². The van der Waals surface area contributed by atoms with Crippen LogP contribution in [-0.2, 0) is 23.2 Å². The first-order valence-corrected chi connectivity index (χ1v) is 6.94. The van der Waals surface area contributed by atoms with Gasteiger partial charge < -0.3 is 5.11 Å². The van der Waals surface area contributed by atoms with Crippen LogP contribution in [0.1, 0.15) is 17.1 Å². The van der Waals surface area contributed by atoms with Gasteiger partial charge in [-0.15, -0.1) is 0 Å². The Morgan fingerprint density at radius 1 is 1.47 bits per heavy atom. The lowest BCUT2D eigenvalue weighted by molar-refractivity contribution is 0.273. The molecular weight excluding hydrogens is 270 g/mol. The molecule has 0 bridgehead atoms. The fraction of sp³-hybridized carbons (Fsp3) is 0.300. The molecule has 102 valence electrons. The highest BCUT2D eigenvalue weighted by atomic mass is 32.2. The molecular formula is C10H13N5O3S. The number of H-pyrrole nitrogens is 1. The minimum absolute atomic E-state index is 0.0195. The van der Waals surface area contributed by atoms with Gasteiger partial charge in [-0.1, -0.05) is 0 Å². The average molecular weight is 283 g/mol. The van der Waals surface area contributed by atoms with Crippen LogP contribution in [0.25, 0.3) is 0 Å². The second-order valence-corrected chi connectivity index (χ2v) is 5.53. The van der Waals surface area contributed by atoms with Crippen LogP contribution in [-0.4, -0.2) is 33.9 Å². The van der Waals surface area contributed by atoms with Gasteiger partial charge in [0.1, 0.15) is 10.6 Å². The Bertz CT molecular complexity index is 653. The lowest BCUT2D eigenvalue weighted by Crippen LogP contribution is -2.25. The van der Waals surface area contributed by atoms with Gasteiger partial charge in [0.15, 0.2) is 0 Å². The summed E-state index contributed by atoms with van der Waals surface area (Å²) >= 11 is 0. The molecule has 0 aliphatic heterocycles. The van der Waals surface area contributed by atoms with Gasteiger partial charge in [-0.2, -0.15) is 15.3 Å². The van der Waals surface area contributed by atoms with E-state index in [4.69, 9.17) is 5.11 Å². The Kier molecular flexibility index (Phi) is 3.88. The summed E-state index contributed by atoms with van der Waals surface area (Å²) < 4.78 is 26.7. The quantitative estimate of drug-likeness (QED) is 0.679. The van der Waals surface area contributed by atoms with Crippen LogP contribution in [0.3, 0.4) is 0 Å². The third-order valence-corrected chi connectivity index (χ3v) is 4.05. The minimum atomic E-state index is -3.76. The number of aromatic nitrogens is 4. The van der Waals surface area contributed by atoms with Crippen LogP contribution < -0.4 is 4.72 Å². The molecule has 8 nitrogen and oxygen atoms in total. The molecule has 2 aromatic heterocycles. The van der Waals surface area contributed by atoms with E-state index in [0.29, 0.717) is 11.4 Å². The van der Waals surface area contributed by atoms with Crippen molar-refractivity contribution in [1.29, 1.82) is 0 Å². The van der Waals surface area contributed by atoms with Crippen molar-refractivity contribution in [2.75, 3.05) is 0 Å². The largest absolute Gasteiger partial charge is 0.390 e. The van der Waals surface area contributed by atoms with Crippen molar-refractivity contribution in [1.82, 2.24) is 25.1 Å². The lowest BCUT2D eigenvalue weighted by Gasteiger charge is -2.06. The molecule has 2 aromatic rings. The van der Waals surface area contributed by atoms with Crippen LogP contribution >= 0.6 is 0 Å². The molecule has 3 N–H and O–H groups in total. The van der Waals surface area contributed by atoms with Crippen molar-refractivity contribution in [3.63, 3.8) is 0 Å². The standard InChI is InChI=1S/C10H13N5O3S/c1-7-10(9(6-16)15-13-7)19(17,18)12-5-8-3-2-4-11-14-8/h2-4,12,16H,5-6H2,1H3,(H,13,15). The summed E-state index contributed by atoms with van der Waals surface area (Å²) in [5.41, 5.74) is 0.956. The molecule has 0 aliphatic rings. The maximum Gasteiger partial charge on any atom is 0.244 e. The van der Waals surface area contributed by atoms with Crippen LogP contribution in [0.2, 0.25) is 0 Å². The summed E-state index contributed by atoms with van der Waals surface area (Å²) in [4.78, 5) is -0.0288. The van der Waals surface area contributed by atoms with E-state index >= 15 is 0 Å². The Hall–Kier alpha value is -1.84. The molecule has 0 radical (unpaired) electrons. The number of hydrogen-bond donors (Lipinski definition) is 3. The Morgan fingerprint density at radius 2 is 2.26 bits per heavy atom. The summed E-state index contributed by atoms with van der Waals surface area (Å²) in [6.45, 7) is 1.14. The lowest BCUT2D eigenvalue weighted by atomic mass is 10.4. The van der Waals surface area contributed by atoms with E-state index in [-0.39, 0.29) is 17.1 Å². The Labute approximate surface area is 109 Å². The topological polar surface area (TPSA) is 121 Å². The number of nitrogens with one attached hydrogen (secondary N) is 2. The van der Waals surface area contributed by atoms with E-state index in [2.05, 4.69) is 25.1 Å². The van der Waals surface area contributed by atoms with Crippen molar-refractivity contribution in [2.24, 2.45) is 0 Å². The minimum Gasteiger partial charge on any atom is -0.390 e. The maximum absolute atomic E-state index is 12.1. The number of aryl methyl sites for hydroxylation is 1. The van der Waals surface area contributed by atoms with Gasteiger partial charge in [0.25, 0.3) is 0 Å². The zero-order valence-corrected chi connectivity index (χ0v) is 11.0. The fourth-order valence-electron chi connectivity index (χ4n) is 1.60. The highest BCUT2D eigenvalue weighted by Gasteiger charge is 2.23. The summed E-state index contributed by atoms with van der Waals surface area (Å²) in [6, 6.07) is 3.32. The van der Waals surface area contributed by atoms with E-state index in [1.54, 1.807) is 19.1 Å². The zero-order valence-electron chi connectivity index (χ0n) is 10.2. The van der Waals surface area contributed by atoms with Gasteiger partial charge in [0.2, 0.25) is 10.0 Å². The zero-order chi connectivity index (χ0) is 13.9. The molecule has 2 rings (SSSR count). The number of hydrogen-bond acceptors (Lipinski definition) is 6. The molecule has 0 saturated heterocycles. The van der Waals surface area contributed by atoms with Gasteiger partial charge in [-0.05, 0) is 19.1 Å². The highest BCUT2D eigenvalue weighted by molar-refractivity contribution is 7.89. The number of aliphatic hydroxyl groups is 1. The third-order valence-electron chi connectivity index (χ3n) is 2.45. The first kappa shape index (κ1) is 13.6. The van der Waals surface area contributed by atoms with Crippen LogP contribution in [0.5, 0.6) is 0 Å².